The average molecular weight is 381 g/mol. The summed E-state index contributed by atoms with van der Waals surface area (Å²) in [6.07, 6.45) is 0. The van der Waals surface area contributed by atoms with E-state index in [1.165, 1.54) is 29.5 Å². The number of amides is 1. The number of rotatable bonds is 5. The van der Waals surface area contributed by atoms with Crippen LogP contribution in [-0.4, -0.2) is 36.2 Å². The van der Waals surface area contributed by atoms with Crippen LogP contribution in [0.25, 0.3) is 0 Å². The molecule has 1 amide bonds. The van der Waals surface area contributed by atoms with Gasteiger partial charge in [-0.05, 0) is 42.3 Å². The molecule has 1 saturated heterocycles. The largest absolute Gasteiger partial charge is 0.341 e. The third-order valence-corrected chi connectivity index (χ3v) is 5.50. The first-order valence-corrected chi connectivity index (χ1v) is 9.07. The number of benzene rings is 2. The van der Waals surface area contributed by atoms with E-state index < -0.39 is 0 Å². The van der Waals surface area contributed by atoms with Crippen molar-refractivity contribution in [1.82, 2.24) is 4.90 Å². The van der Waals surface area contributed by atoms with Crippen LogP contribution < -0.4 is 5.73 Å². The molecule has 0 spiro atoms. The highest BCUT2D eigenvalue weighted by Crippen LogP contribution is 2.32. The third kappa shape index (κ3) is 4.97. The number of thioether (sulfide) groups is 1. The Labute approximate surface area is 158 Å². The molecule has 25 heavy (non-hydrogen) atoms. The highest BCUT2D eigenvalue weighted by molar-refractivity contribution is 8.00. The molecule has 3 rings (SSSR count). The number of likely N-dealkylation sites (tertiary alicyclic amines) is 1. The number of hydrogen-bond donors (Lipinski definition) is 1. The summed E-state index contributed by atoms with van der Waals surface area (Å²) < 4.78 is 12.9. The Balaban J connectivity index is 0.00000225. The highest BCUT2D eigenvalue weighted by Gasteiger charge is 2.34. The fourth-order valence-corrected chi connectivity index (χ4v) is 3.96. The Hall–Kier alpha value is -1.56. The number of carbonyl (C=O) groups excluding carboxylic acids is 1. The molecule has 1 aliphatic heterocycles. The number of nitrogens with two attached hydrogens (primary N) is 1. The second-order valence-electron chi connectivity index (χ2n) is 6.05. The first-order chi connectivity index (χ1) is 11.7. The molecular formula is C19H22ClFN2OS. The van der Waals surface area contributed by atoms with Gasteiger partial charge in [-0.3, -0.25) is 4.79 Å². The molecule has 2 aromatic rings. The molecule has 2 aromatic carbocycles. The monoisotopic (exact) mass is 380 g/mol. The molecule has 0 unspecified atom stereocenters. The van der Waals surface area contributed by atoms with Crippen LogP contribution in [0.2, 0.25) is 0 Å². The summed E-state index contributed by atoms with van der Waals surface area (Å²) in [5, 5.41) is 0. The molecule has 1 aliphatic rings. The van der Waals surface area contributed by atoms with E-state index >= 15 is 0 Å². The van der Waals surface area contributed by atoms with Crippen molar-refractivity contribution in [3.05, 3.63) is 66.0 Å². The summed E-state index contributed by atoms with van der Waals surface area (Å²) in [5.74, 6) is 0.816. The minimum atomic E-state index is -0.262. The van der Waals surface area contributed by atoms with Crippen molar-refractivity contribution in [2.24, 2.45) is 11.7 Å². The van der Waals surface area contributed by atoms with E-state index in [0.29, 0.717) is 37.2 Å². The standard InChI is InChI=1S/C19H21FN2OS.ClH/c20-16-6-8-17(9-7-16)24-13-19(23)22-11-15(10-21)18(12-22)14-4-2-1-3-5-14;/h1-9,15,18H,10-13,21H2;1H/t15-,18+;/m1./s1. The van der Waals surface area contributed by atoms with Crippen LogP contribution in [0.5, 0.6) is 0 Å². The van der Waals surface area contributed by atoms with E-state index in [9.17, 15) is 9.18 Å². The molecule has 0 aromatic heterocycles. The third-order valence-electron chi connectivity index (χ3n) is 4.50. The molecular weight excluding hydrogens is 359 g/mol. The molecule has 0 aliphatic carbocycles. The Morgan fingerprint density at radius 3 is 2.44 bits per heavy atom. The molecule has 2 N–H and O–H groups in total. The second kappa shape index (κ2) is 9.22. The van der Waals surface area contributed by atoms with Gasteiger partial charge in [-0.1, -0.05) is 30.3 Å². The fourth-order valence-electron chi connectivity index (χ4n) is 3.16. The zero-order valence-electron chi connectivity index (χ0n) is 13.8. The van der Waals surface area contributed by atoms with Crippen LogP contribution in [0.3, 0.4) is 0 Å². The lowest BCUT2D eigenvalue weighted by atomic mass is 9.89. The van der Waals surface area contributed by atoms with E-state index in [4.69, 9.17) is 5.73 Å². The van der Waals surface area contributed by atoms with Crippen molar-refractivity contribution in [2.75, 3.05) is 25.4 Å². The second-order valence-corrected chi connectivity index (χ2v) is 7.10. The topological polar surface area (TPSA) is 46.3 Å². The quantitative estimate of drug-likeness (QED) is 0.807. The molecule has 6 heteroatoms. The van der Waals surface area contributed by atoms with Gasteiger partial charge in [-0.2, -0.15) is 0 Å². The van der Waals surface area contributed by atoms with Gasteiger partial charge < -0.3 is 10.6 Å². The summed E-state index contributed by atoms with van der Waals surface area (Å²) in [6, 6.07) is 16.5. The van der Waals surface area contributed by atoms with E-state index in [0.717, 1.165) is 4.90 Å². The SMILES string of the molecule is Cl.NC[C@@H]1CN(C(=O)CSc2ccc(F)cc2)C[C@H]1c1ccccc1. The predicted molar refractivity (Wildman–Crippen MR) is 103 cm³/mol. The van der Waals surface area contributed by atoms with Gasteiger partial charge in [0.25, 0.3) is 0 Å². The first kappa shape index (κ1) is 19.8. The van der Waals surface area contributed by atoms with Crippen LogP contribution >= 0.6 is 24.2 Å². The smallest absolute Gasteiger partial charge is 0.232 e. The summed E-state index contributed by atoms with van der Waals surface area (Å²) in [5.41, 5.74) is 7.17. The van der Waals surface area contributed by atoms with Gasteiger partial charge in [-0.25, -0.2) is 4.39 Å². The van der Waals surface area contributed by atoms with Gasteiger partial charge in [0.05, 0.1) is 5.75 Å². The molecule has 134 valence electrons. The van der Waals surface area contributed by atoms with Crippen molar-refractivity contribution < 1.29 is 9.18 Å². The van der Waals surface area contributed by atoms with Crippen LogP contribution in [0, 0.1) is 11.7 Å². The Bertz CT molecular complexity index is 684. The van der Waals surface area contributed by atoms with Gasteiger partial charge in [0.1, 0.15) is 5.82 Å². The number of nitrogens with zero attached hydrogens (tertiary/aromatic N) is 1. The zero-order valence-corrected chi connectivity index (χ0v) is 15.4. The Morgan fingerprint density at radius 2 is 1.80 bits per heavy atom. The van der Waals surface area contributed by atoms with Gasteiger partial charge in [0.15, 0.2) is 0 Å². The molecule has 0 bridgehead atoms. The van der Waals surface area contributed by atoms with Crippen LogP contribution in [0.15, 0.2) is 59.5 Å². The van der Waals surface area contributed by atoms with E-state index in [1.54, 1.807) is 12.1 Å². The van der Waals surface area contributed by atoms with E-state index in [2.05, 4.69) is 12.1 Å². The average Bonchev–Trinajstić information content (AvgIpc) is 3.06. The predicted octanol–water partition coefficient (Wildman–Crippen LogP) is 3.54. The van der Waals surface area contributed by atoms with Crippen LogP contribution in [-0.2, 0) is 4.79 Å². The lowest BCUT2D eigenvalue weighted by Gasteiger charge is -2.16. The van der Waals surface area contributed by atoms with Gasteiger partial charge >= 0.3 is 0 Å². The van der Waals surface area contributed by atoms with Gasteiger partial charge in [0.2, 0.25) is 5.91 Å². The lowest BCUT2D eigenvalue weighted by molar-refractivity contribution is -0.127. The summed E-state index contributed by atoms with van der Waals surface area (Å²) in [7, 11) is 0. The fraction of sp³-hybridized carbons (Fsp3) is 0.316. The van der Waals surface area contributed by atoms with Crippen LogP contribution in [0.1, 0.15) is 11.5 Å². The highest BCUT2D eigenvalue weighted by atomic mass is 35.5. The Kier molecular flexibility index (Phi) is 7.29. The van der Waals surface area contributed by atoms with Crippen molar-refractivity contribution in [3.8, 4) is 0 Å². The van der Waals surface area contributed by atoms with E-state index in [1.807, 2.05) is 23.1 Å². The minimum absolute atomic E-state index is 0. The maximum absolute atomic E-state index is 12.9. The van der Waals surface area contributed by atoms with Crippen LogP contribution in [0.4, 0.5) is 4.39 Å². The zero-order chi connectivity index (χ0) is 16.9. The normalized spacial score (nSPS) is 19.5. The summed E-state index contributed by atoms with van der Waals surface area (Å²) in [4.78, 5) is 15.3. The number of hydrogen-bond acceptors (Lipinski definition) is 3. The molecule has 1 fully saturated rings. The van der Waals surface area contributed by atoms with Crippen molar-refractivity contribution in [1.29, 1.82) is 0 Å². The minimum Gasteiger partial charge on any atom is -0.341 e. The Morgan fingerprint density at radius 1 is 1.12 bits per heavy atom. The van der Waals surface area contributed by atoms with Crippen molar-refractivity contribution in [2.45, 2.75) is 10.8 Å². The lowest BCUT2D eigenvalue weighted by Crippen LogP contribution is -2.31. The maximum Gasteiger partial charge on any atom is 0.232 e. The molecule has 0 radical (unpaired) electrons. The van der Waals surface area contributed by atoms with Crippen molar-refractivity contribution in [3.63, 3.8) is 0 Å². The summed E-state index contributed by atoms with van der Waals surface area (Å²) >= 11 is 1.44. The molecule has 2 atom stereocenters. The first-order valence-electron chi connectivity index (χ1n) is 8.08. The maximum atomic E-state index is 12.9. The van der Waals surface area contributed by atoms with Gasteiger partial charge in [-0.15, -0.1) is 24.2 Å². The summed E-state index contributed by atoms with van der Waals surface area (Å²) in [6.45, 7) is 2.00. The van der Waals surface area contributed by atoms with Crippen molar-refractivity contribution >= 4 is 30.1 Å². The molecule has 0 saturated carbocycles. The number of halogens is 2. The molecule has 3 nitrogen and oxygen atoms in total. The van der Waals surface area contributed by atoms with E-state index in [-0.39, 0.29) is 24.1 Å². The van der Waals surface area contributed by atoms with Gasteiger partial charge in [0, 0.05) is 23.9 Å². The number of carbonyl (C=O) groups is 1. The molecule has 1 heterocycles.